The highest BCUT2D eigenvalue weighted by Gasteiger charge is 2.10. The first kappa shape index (κ1) is 27.1. The number of nitroso groups, excluding NO2 is 1. The Balaban J connectivity index is 3.29. The van der Waals surface area contributed by atoms with E-state index in [0.717, 1.165) is 51.4 Å². The number of carbonyl (C=O) groups excluding carboxylic acids is 1. The van der Waals surface area contributed by atoms with Crippen molar-refractivity contribution in [2.45, 2.75) is 95.9 Å². The Hall–Kier alpha value is -1.92. The zero-order valence-electron chi connectivity index (χ0n) is 17.7. The molecule has 1 unspecified atom stereocenters. The maximum atomic E-state index is 11.5. The number of hydrogen-bond acceptors (Lipinski definition) is 6. The van der Waals surface area contributed by atoms with Crippen molar-refractivity contribution < 1.29 is 14.6 Å². The second-order valence-electron chi connectivity index (χ2n) is 7.27. The number of rotatable bonds is 21. The van der Waals surface area contributed by atoms with Crippen molar-refractivity contribution in [1.29, 1.82) is 0 Å². The van der Waals surface area contributed by atoms with Crippen LogP contribution in [0.4, 0.5) is 0 Å². The predicted molar refractivity (Wildman–Crippen MR) is 115 cm³/mol. The Morgan fingerprint density at radius 3 is 2.03 bits per heavy atom. The Kier molecular flexibility index (Phi) is 20.9. The Morgan fingerprint density at radius 2 is 1.48 bits per heavy atom. The maximum Gasteiger partial charge on any atom is 0.305 e. The molecule has 0 aliphatic rings. The molecule has 0 aromatic rings. The Morgan fingerprint density at radius 1 is 0.931 bits per heavy atom. The van der Waals surface area contributed by atoms with Crippen molar-refractivity contribution in [2.24, 2.45) is 10.3 Å². The fourth-order valence-electron chi connectivity index (χ4n) is 2.87. The molecule has 8 nitrogen and oxygen atoms in total. The predicted octanol–water partition coefficient (Wildman–Crippen LogP) is 5.98. The number of allylic oxidation sites excluding steroid dienone is 2. The van der Waals surface area contributed by atoms with Gasteiger partial charge in [-0.3, -0.25) is 4.79 Å². The molecule has 0 aliphatic carbocycles. The van der Waals surface area contributed by atoms with Crippen LogP contribution in [0.5, 0.6) is 0 Å². The molecule has 0 spiro atoms. The number of aliphatic hydroxyl groups excluding tert-OH is 1. The summed E-state index contributed by atoms with van der Waals surface area (Å²) in [5, 5.41) is 15.0. The summed E-state index contributed by atoms with van der Waals surface area (Å²) in [5.41, 5.74) is 8.17. The van der Waals surface area contributed by atoms with Crippen molar-refractivity contribution in [3.63, 3.8) is 0 Å². The average molecular weight is 411 g/mol. The van der Waals surface area contributed by atoms with Gasteiger partial charge in [-0.05, 0) is 44.1 Å². The van der Waals surface area contributed by atoms with E-state index >= 15 is 0 Å². The molecule has 0 bridgehead atoms. The van der Waals surface area contributed by atoms with Crippen LogP contribution < -0.4 is 0 Å². The highest BCUT2D eigenvalue weighted by Crippen LogP contribution is 2.10. The summed E-state index contributed by atoms with van der Waals surface area (Å²) in [6, 6.07) is -0.853. The fourth-order valence-corrected chi connectivity index (χ4v) is 2.87. The molecule has 0 aromatic carbocycles. The van der Waals surface area contributed by atoms with Gasteiger partial charge >= 0.3 is 5.97 Å². The molecule has 0 aliphatic heterocycles. The number of hydrogen-bond donors (Lipinski definition) is 1. The molecule has 166 valence electrons. The van der Waals surface area contributed by atoms with Gasteiger partial charge in [0.15, 0.2) is 0 Å². The van der Waals surface area contributed by atoms with Gasteiger partial charge in [0, 0.05) is 17.9 Å². The monoisotopic (exact) mass is 410 g/mol. The summed E-state index contributed by atoms with van der Waals surface area (Å²) in [7, 11) is 0. The topological polar surface area (TPSA) is 125 Å². The summed E-state index contributed by atoms with van der Waals surface area (Å²) in [6.07, 6.45) is 19.5. The SMILES string of the molecule is [N-]=[N+]=NCCCCCCCC/C=C\CCCCCCCC(=O)OCC(CO)N=O. The normalized spacial score (nSPS) is 11.9. The van der Waals surface area contributed by atoms with Crippen molar-refractivity contribution in [3.05, 3.63) is 27.5 Å². The minimum Gasteiger partial charge on any atom is -0.463 e. The molecule has 0 heterocycles. The van der Waals surface area contributed by atoms with Gasteiger partial charge in [0.05, 0.1) is 6.61 Å². The van der Waals surface area contributed by atoms with Crippen LogP contribution >= 0.6 is 0 Å². The third kappa shape index (κ3) is 20.6. The van der Waals surface area contributed by atoms with Gasteiger partial charge in [-0.1, -0.05) is 67.4 Å². The van der Waals surface area contributed by atoms with Gasteiger partial charge in [0.25, 0.3) is 0 Å². The van der Waals surface area contributed by atoms with E-state index in [2.05, 4.69) is 27.4 Å². The molecule has 0 rings (SSSR count). The van der Waals surface area contributed by atoms with Crippen LogP contribution in [0.1, 0.15) is 89.9 Å². The first-order valence-corrected chi connectivity index (χ1v) is 11.0. The van der Waals surface area contributed by atoms with E-state index in [9.17, 15) is 9.70 Å². The van der Waals surface area contributed by atoms with Crippen molar-refractivity contribution >= 4 is 5.97 Å². The van der Waals surface area contributed by atoms with Gasteiger partial charge in [-0.15, -0.1) is 0 Å². The number of unbranched alkanes of at least 4 members (excludes halogenated alkanes) is 11. The molecular formula is C21H38N4O4. The molecule has 0 amide bonds. The van der Waals surface area contributed by atoms with E-state index in [4.69, 9.17) is 15.4 Å². The Labute approximate surface area is 174 Å². The molecule has 8 heteroatoms. The molecule has 0 saturated carbocycles. The maximum absolute atomic E-state index is 11.5. The van der Waals surface area contributed by atoms with Crippen LogP contribution in [0.3, 0.4) is 0 Å². The zero-order valence-corrected chi connectivity index (χ0v) is 17.7. The summed E-state index contributed by atoms with van der Waals surface area (Å²) in [5.74, 6) is -0.330. The highest BCUT2D eigenvalue weighted by molar-refractivity contribution is 5.69. The van der Waals surface area contributed by atoms with E-state index in [1.807, 2.05) is 0 Å². The summed E-state index contributed by atoms with van der Waals surface area (Å²) in [6.45, 7) is 0.0918. The first-order chi connectivity index (χ1) is 14.2. The lowest BCUT2D eigenvalue weighted by atomic mass is 10.1. The lowest BCUT2D eigenvalue weighted by Gasteiger charge is -2.07. The van der Waals surface area contributed by atoms with Crippen LogP contribution in [0, 0.1) is 4.91 Å². The van der Waals surface area contributed by atoms with Crippen molar-refractivity contribution in [3.8, 4) is 0 Å². The number of aliphatic hydroxyl groups is 1. The minimum atomic E-state index is -0.853. The fraction of sp³-hybridized carbons (Fsp3) is 0.857. The van der Waals surface area contributed by atoms with Gasteiger partial charge in [-0.2, -0.15) is 4.91 Å². The summed E-state index contributed by atoms with van der Waals surface area (Å²) in [4.78, 5) is 24.5. The van der Waals surface area contributed by atoms with Crippen LogP contribution in [0.2, 0.25) is 0 Å². The van der Waals surface area contributed by atoms with Crippen molar-refractivity contribution in [2.75, 3.05) is 19.8 Å². The van der Waals surface area contributed by atoms with Crippen LogP contribution in [-0.2, 0) is 9.53 Å². The third-order valence-corrected chi connectivity index (χ3v) is 4.66. The molecule has 0 fully saturated rings. The molecule has 0 saturated heterocycles. The van der Waals surface area contributed by atoms with E-state index in [1.165, 1.54) is 32.1 Å². The third-order valence-electron chi connectivity index (χ3n) is 4.66. The molecule has 29 heavy (non-hydrogen) atoms. The molecular weight excluding hydrogens is 372 g/mol. The Bertz CT molecular complexity index is 479. The standard InChI is InChI=1S/C21H38N4O4/c22-25-23-17-15-13-11-9-7-5-3-1-2-4-6-8-10-12-14-16-21(27)29-19-20(18-26)24-28/h1-2,20,26H,3-19H2/b2-1-. The van der Waals surface area contributed by atoms with Crippen LogP contribution in [-0.4, -0.2) is 36.9 Å². The summed E-state index contributed by atoms with van der Waals surface area (Å²) >= 11 is 0. The number of azide groups is 1. The van der Waals surface area contributed by atoms with E-state index in [0.29, 0.717) is 13.0 Å². The minimum absolute atomic E-state index is 0.135. The lowest BCUT2D eigenvalue weighted by molar-refractivity contribution is -0.144. The highest BCUT2D eigenvalue weighted by atomic mass is 16.5. The smallest absolute Gasteiger partial charge is 0.305 e. The van der Waals surface area contributed by atoms with Gasteiger partial charge < -0.3 is 9.84 Å². The summed E-state index contributed by atoms with van der Waals surface area (Å²) < 4.78 is 4.90. The number of esters is 1. The van der Waals surface area contributed by atoms with Crippen LogP contribution in [0.15, 0.2) is 22.4 Å². The number of nitrogens with zero attached hydrogens (tertiary/aromatic N) is 4. The largest absolute Gasteiger partial charge is 0.463 e. The number of carbonyl (C=O) groups is 1. The second-order valence-corrected chi connectivity index (χ2v) is 7.27. The zero-order chi connectivity index (χ0) is 21.4. The quantitative estimate of drug-likeness (QED) is 0.0474. The first-order valence-electron chi connectivity index (χ1n) is 11.0. The van der Waals surface area contributed by atoms with Gasteiger partial charge in [0.1, 0.15) is 12.6 Å². The average Bonchev–Trinajstić information content (AvgIpc) is 2.73. The second kappa shape index (κ2) is 22.4. The molecule has 1 N–H and O–H groups in total. The molecule has 0 radical (unpaired) electrons. The molecule has 1 atom stereocenters. The van der Waals surface area contributed by atoms with E-state index in [-0.39, 0.29) is 12.6 Å². The van der Waals surface area contributed by atoms with Crippen LogP contribution in [0.25, 0.3) is 10.4 Å². The van der Waals surface area contributed by atoms with Crippen molar-refractivity contribution in [1.82, 2.24) is 0 Å². The van der Waals surface area contributed by atoms with E-state index in [1.54, 1.807) is 0 Å². The van der Waals surface area contributed by atoms with E-state index < -0.39 is 12.6 Å². The lowest BCUT2D eigenvalue weighted by Crippen LogP contribution is -2.20. The number of ether oxygens (including phenoxy) is 1. The van der Waals surface area contributed by atoms with Gasteiger partial charge in [-0.25, -0.2) is 0 Å². The van der Waals surface area contributed by atoms with Gasteiger partial charge in [0.2, 0.25) is 0 Å². The molecule has 0 aromatic heterocycles.